The Morgan fingerprint density at radius 1 is 0.755 bits per heavy atom. The number of carbonyl (C=O) groups excluding carboxylic acids is 2. The molecule has 0 saturated heterocycles. The SMILES string of the molecule is CN1CCN(C(CCSC(=O)NCOCC(=O)O)C(=O)O)Cc2cccc(n2)CN(C(CCSC(=O)NCOCC(=O)O)C(=O)O)CC1.[Mn]. The molecule has 2 rings (SSSR count). The van der Waals surface area contributed by atoms with Gasteiger partial charge < -0.3 is 45.4 Å². The molecule has 6 N–H and O–H groups in total. The van der Waals surface area contributed by atoms with Crippen molar-refractivity contribution >= 4 is 57.9 Å². The van der Waals surface area contributed by atoms with Crippen LogP contribution < -0.4 is 10.6 Å². The van der Waals surface area contributed by atoms with Crippen molar-refractivity contribution in [1.82, 2.24) is 30.3 Å². The molecule has 2 unspecified atom stereocenters. The summed E-state index contributed by atoms with van der Waals surface area (Å²) in [6.07, 6.45) is 0.290. The number of ether oxygens (including phenoxy) is 2. The predicted octanol–water partition coefficient (Wildman–Crippen LogP) is 0.318. The fourth-order valence-corrected chi connectivity index (χ4v) is 5.95. The second-order valence-corrected chi connectivity index (χ2v) is 12.7. The minimum atomic E-state index is -1.17. The van der Waals surface area contributed by atoms with E-state index in [-0.39, 0.29) is 68.0 Å². The molecule has 1 aromatic rings. The van der Waals surface area contributed by atoms with Gasteiger partial charge in [-0.1, -0.05) is 29.6 Å². The standard InChI is InChI=1S/C28H42N6O12S2.Mn/c1-32-7-9-33(21(25(39)40)5-11-47-27(43)29-17-45-15-23(35)36)13-19-3-2-4-20(31-19)14-34(10-8-32)22(26(41)42)6-12-48-28(44)30-18-46-16-24(37)38;/h2-4,21-22H,5-18H2,1H3,(H,29,43)(H,30,44)(H,35,36)(H,37,38)(H,39,40)(H,41,42);. The largest absolute Gasteiger partial charge is 0.480 e. The van der Waals surface area contributed by atoms with Crippen LogP contribution in [0.1, 0.15) is 24.2 Å². The van der Waals surface area contributed by atoms with Crippen LogP contribution in [-0.2, 0) is 58.8 Å². The maximum Gasteiger partial charge on any atom is 0.329 e. The molecule has 0 fully saturated rings. The first-order valence-electron chi connectivity index (χ1n) is 14.8. The molecule has 1 aromatic heterocycles. The number of hydrogen-bond acceptors (Lipinski definition) is 14. The van der Waals surface area contributed by atoms with Gasteiger partial charge in [-0.25, -0.2) is 9.59 Å². The summed E-state index contributed by atoms with van der Waals surface area (Å²) in [4.78, 5) is 80.1. The maximum absolute atomic E-state index is 12.4. The van der Waals surface area contributed by atoms with Crippen LogP contribution >= 0.6 is 23.5 Å². The molecular weight excluding hydrogens is 731 g/mol. The van der Waals surface area contributed by atoms with E-state index in [0.717, 1.165) is 23.5 Å². The monoisotopic (exact) mass is 773 g/mol. The van der Waals surface area contributed by atoms with Crippen molar-refractivity contribution in [2.24, 2.45) is 0 Å². The molecule has 0 aromatic carbocycles. The number of thioether (sulfide) groups is 2. The molecule has 1 radical (unpaired) electrons. The van der Waals surface area contributed by atoms with E-state index in [4.69, 9.17) is 24.7 Å². The Bertz CT molecular complexity index is 1160. The fraction of sp³-hybridized carbons (Fsp3) is 0.607. The van der Waals surface area contributed by atoms with E-state index >= 15 is 0 Å². The zero-order valence-corrected chi connectivity index (χ0v) is 29.6. The van der Waals surface area contributed by atoms with E-state index < -0.39 is 59.7 Å². The number of amides is 2. The third-order valence-corrected chi connectivity index (χ3v) is 8.61. The van der Waals surface area contributed by atoms with Crippen molar-refractivity contribution in [1.29, 1.82) is 0 Å². The van der Waals surface area contributed by atoms with Gasteiger partial charge in [0.05, 0.1) is 11.4 Å². The van der Waals surface area contributed by atoms with Crippen molar-refractivity contribution in [2.75, 3.05) is 71.4 Å². The average Bonchev–Trinajstić information content (AvgIpc) is 3.01. The zero-order chi connectivity index (χ0) is 35.5. The summed E-state index contributed by atoms with van der Waals surface area (Å²) >= 11 is 1.74. The van der Waals surface area contributed by atoms with Gasteiger partial charge in [0, 0.05) is 67.8 Å². The van der Waals surface area contributed by atoms with Crippen LogP contribution in [0.5, 0.6) is 0 Å². The Morgan fingerprint density at radius 3 is 1.53 bits per heavy atom. The van der Waals surface area contributed by atoms with Crippen LogP contribution in [0, 0.1) is 0 Å². The van der Waals surface area contributed by atoms with Crippen LogP contribution in [0.4, 0.5) is 9.59 Å². The molecule has 18 nitrogen and oxygen atoms in total. The molecule has 2 amide bonds. The van der Waals surface area contributed by atoms with Crippen LogP contribution in [0.3, 0.4) is 0 Å². The van der Waals surface area contributed by atoms with Gasteiger partial charge in [-0.2, -0.15) is 0 Å². The number of aromatic nitrogens is 1. The van der Waals surface area contributed by atoms with E-state index in [2.05, 4.69) is 10.6 Å². The molecular formula is C28H42MnN6O12S2. The Hall–Kier alpha value is -3.01. The van der Waals surface area contributed by atoms with Gasteiger partial charge in [0.1, 0.15) is 38.8 Å². The zero-order valence-electron chi connectivity index (χ0n) is 26.8. The quantitative estimate of drug-likeness (QED) is 0.0668. The number of carboxylic acid groups (broad SMARTS) is 4. The molecule has 1 aliphatic heterocycles. The summed E-state index contributed by atoms with van der Waals surface area (Å²) in [5.41, 5.74) is 1.18. The van der Waals surface area contributed by atoms with Gasteiger partial charge in [0.2, 0.25) is 0 Å². The van der Waals surface area contributed by atoms with E-state index in [1.807, 2.05) is 11.9 Å². The Labute approximate surface area is 302 Å². The first-order valence-corrected chi connectivity index (χ1v) is 16.8. The summed E-state index contributed by atoms with van der Waals surface area (Å²) in [5.74, 6) is -4.07. The van der Waals surface area contributed by atoms with Gasteiger partial charge >= 0.3 is 23.9 Å². The molecule has 49 heavy (non-hydrogen) atoms. The molecule has 2 bridgehead atoms. The molecule has 1 aliphatic rings. The molecule has 0 spiro atoms. The number of rotatable bonds is 18. The summed E-state index contributed by atoms with van der Waals surface area (Å²) < 4.78 is 9.56. The Balaban J connectivity index is 0.0000120. The van der Waals surface area contributed by atoms with Gasteiger partial charge in [-0.3, -0.25) is 34.0 Å². The number of nitrogens with one attached hydrogen (secondary N) is 2. The number of aliphatic carboxylic acids is 4. The first kappa shape index (κ1) is 44.0. The Kier molecular flexibility index (Phi) is 21.7. The van der Waals surface area contributed by atoms with Crippen molar-refractivity contribution in [2.45, 2.75) is 38.0 Å². The summed E-state index contributed by atoms with van der Waals surface area (Å²) in [6, 6.07) is 3.44. The van der Waals surface area contributed by atoms with Crippen molar-refractivity contribution in [3.63, 3.8) is 0 Å². The first-order chi connectivity index (χ1) is 22.8. The number of hydrogen-bond donors (Lipinski definition) is 6. The Morgan fingerprint density at radius 2 is 1.16 bits per heavy atom. The van der Waals surface area contributed by atoms with Crippen LogP contribution in [-0.4, -0.2) is 158 Å². The normalized spacial score (nSPS) is 15.8. The molecule has 275 valence electrons. The third kappa shape index (κ3) is 18.5. The van der Waals surface area contributed by atoms with Gasteiger partial charge in [-0.15, -0.1) is 0 Å². The molecule has 0 saturated carbocycles. The number of nitrogens with zero attached hydrogens (tertiary/aromatic N) is 4. The summed E-state index contributed by atoms with van der Waals surface area (Å²) in [6.45, 7) is 0.340. The van der Waals surface area contributed by atoms with E-state index in [1.165, 1.54) is 0 Å². The number of carboxylic acids is 4. The summed E-state index contributed by atoms with van der Waals surface area (Å²) in [5, 5.41) is 41.2. The second-order valence-electron chi connectivity index (χ2n) is 10.5. The fourth-order valence-electron chi connectivity index (χ4n) is 4.57. The van der Waals surface area contributed by atoms with Gasteiger partial charge in [0.15, 0.2) is 0 Å². The van der Waals surface area contributed by atoms with E-state index in [0.29, 0.717) is 37.6 Å². The molecule has 21 heteroatoms. The van der Waals surface area contributed by atoms with Gasteiger partial charge in [-0.05, 0) is 32.0 Å². The topological polar surface area (TPSA) is 248 Å². The van der Waals surface area contributed by atoms with E-state index in [9.17, 15) is 39.0 Å². The number of carbonyl (C=O) groups is 6. The van der Waals surface area contributed by atoms with Crippen molar-refractivity contribution in [3.05, 3.63) is 29.6 Å². The number of fused-ring (bicyclic) bond motifs is 2. The predicted molar refractivity (Wildman–Crippen MR) is 174 cm³/mol. The molecule has 2 heterocycles. The van der Waals surface area contributed by atoms with Crippen molar-refractivity contribution in [3.8, 4) is 0 Å². The second kappa shape index (κ2) is 24.2. The minimum Gasteiger partial charge on any atom is -0.480 e. The minimum absolute atomic E-state index is 0. The van der Waals surface area contributed by atoms with E-state index in [1.54, 1.807) is 28.0 Å². The van der Waals surface area contributed by atoms with Crippen LogP contribution in [0.25, 0.3) is 0 Å². The van der Waals surface area contributed by atoms with Crippen LogP contribution in [0.2, 0.25) is 0 Å². The third-order valence-electron chi connectivity index (χ3n) is 6.92. The number of pyridine rings is 1. The van der Waals surface area contributed by atoms with Crippen molar-refractivity contribution < 1.29 is 75.7 Å². The molecule has 0 aliphatic carbocycles. The molecule has 2 atom stereocenters. The number of likely N-dealkylation sites (N-methyl/N-ethyl adjacent to an activating group) is 1. The van der Waals surface area contributed by atoms with Gasteiger partial charge in [0.25, 0.3) is 10.5 Å². The van der Waals surface area contributed by atoms with Crippen LogP contribution in [0.15, 0.2) is 18.2 Å². The summed E-state index contributed by atoms with van der Waals surface area (Å²) in [7, 11) is 1.85. The maximum atomic E-state index is 12.4. The smallest absolute Gasteiger partial charge is 0.329 e. The average molecular weight is 774 g/mol.